The quantitative estimate of drug-likeness (QED) is 0.641. The summed E-state index contributed by atoms with van der Waals surface area (Å²) in [4.78, 5) is 37.6. The fourth-order valence-corrected chi connectivity index (χ4v) is 3.67. The summed E-state index contributed by atoms with van der Waals surface area (Å²) in [7, 11) is 0. The van der Waals surface area contributed by atoms with E-state index in [1.807, 2.05) is 13.8 Å². The fraction of sp³-hybridized carbons (Fsp3) is 0.217. The molecule has 3 aromatic rings. The van der Waals surface area contributed by atoms with Gasteiger partial charge in [-0.3, -0.25) is 19.3 Å². The van der Waals surface area contributed by atoms with Gasteiger partial charge >= 0.3 is 0 Å². The number of imide groups is 1. The van der Waals surface area contributed by atoms with E-state index in [0.717, 1.165) is 21.8 Å². The molecule has 1 aromatic heterocycles. The maximum Gasteiger partial charge on any atom is 0.251 e. The fourth-order valence-electron chi connectivity index (χ4n) is 3.67. The number of rotatable bonds is 5. The van der Waals surface area contributed by atoms with Crippen molar-refractivity contribution in [1.82, 2.24) is 15.1 Å². The van der Waals surface area contributed by atoms with Crippen LogP contribution in [0.1, 0.15) is 47.4 Å². The second-order valence-corrected chi connectivity index (χ2v) is 7.44. The van der Waals surface area contributed by atoms with Crippen LogP contribution in [0.3, 0.4) is 0 Å². The normalized spacial score (nSPS) is 14.7. The van der Waals surface area contributed by atoms with E-state index in [1.54, 1.807) is 47.3 Å². The summed E-state index contributed by atoms with van der Waals surface area (Å²) in [5.41, 5.74) is 3.28. The Kier molecular flexibility index (Phi) is 5.37. The van der Waals surface area contributed by atoms with E-state index in [2.05, 4.69) is 10.4 Å². The first-order valence-electron chi connectivity index (χ1n) is 9.92. The highest BCUT2D eigenvalue weighted by atomic mass is 19.1. The van der Waals surface area contributed by atoms with Gasteiger partial charge in [0.15, 0.2) is 0 Å². The largest absolute Gasteiger partial charge is 0.345 e. The molecule has 1 aliphatic heterocycles. The Morgan fingerprint density at radius 2 is 1.58 bits per heavy atom. The van der Waals surface area contributed by atoms with Gasteiger partial charge in [-0.25, -0.2) is 9.07 Å². The highest BCUT2D eigenvalue weighted by Gasteiger charge is 2.30. The Morgan fingerprint density at radius 3 is 2.19 bits per heavy atom. The summed E-state index contributed by atoms with van der Waals surface area (Å²) in [5, 5.41) is 7.29. The number of nitrogens with one attached hydrogen (secondary N) is 1. The summed E-state index contributed by atoms with van der Waals surface area (Å²) < 4.78 is 14.9. The Morgan fingerprint density at radius 1 is 1.00 bits per heavy atom. The Labute approximate surface area is 178 Å². The molecule has 0 spiro atoms. The van der Waals surface area contributed by atoms with Gasteiger partial charge in [0, 0.05) is 29.7 Å². The molecule has 1 fully saturated rings. The predicted octanol–water partition coefficient (Wildman–Crippen LogP) is 3.46. The van der Waals surface area contributed by atoms with Crippen LogP contribution in [-0.4, -0.2) is 27.5 Å². The Bertz CT molecular complexity index is 1140. The molecule has 0 radical (unpaired) electrons. The molecule has 4 rings (SSSR count). The molecule has 158 valence electrons. The minimum Gasteiger partial charge on any atom is -0.345 e. The number of anilines is 1. The third kappa shape index (κ3) is 3.96. The summed E-state index contributed by atoms with van der Waals surface area (Å²) in [6, 6.07) is 12.1. The van der Waals surface area contributed by atoms with Crippen LogP contribution in [0.2, 0.25) is 0 Å². The number of carbonyl (C=O) groups excluding carboxylic acids is 3. The SMILES string of the molecule is Cc1c([C@@H](C)NC(=O)c2ccc(N3C(=O)CCC3=O)cc2)cnn1-c1ccc(F)cc1. The van der Waals surface area contributed by atoms with Gasteiger partial charge in [-0.15, -0.1) is 0 Å². The molecule has 1 N–H and O–H groups in total. The van der Waals surface area contributed by atoms with E-state index in [9.17, 15) is 18.8 Å². The lowest BCUT2D eigenvalue weighted by molar-refractivity contribution is -0.121. The van der Waals surface area contributed by atoms with Gasteiger partial charge in [-0.1, -0.05) is 0 Å². The molecule has 0 bridgehead atoms. The average molecular weight is 420 g/mol. The van der Waals surface area contributed by atoms with Crippen molar-refractivity contribution in [3.63, 3.8) is 0 Å². The zero-order valence-corrected chi connectivity index (χ0v) is 17.1. The first kappa shape index (κ1) is 20.5. The number of amides is 3. The lowest BCUT2D eigenvalue weighted by Gasteiger charge is -2.16. The summed E-state index contributed by atoms with van der Waals surface area (Å²) >= 11 is 0. The van der Waals surface area contributed by atoms with E-state index < -0.39 is 0 Å². The number of hydrogen-bond donors (Lipinski definition) is 1. The predicted molar refractivity (Wildman–Crippen MR) is 112 cm³/mol. The molecule has 31 heavy (non-hydrogen) atoms. The van der Waals surface area contributed by atoms with E-state index in [-0.39, 0.29) is 42.4 Å². The van der Waals surface area contributed by atoms with Crippen molar-refractivity contribution in [1.29, 1.82) is 0 Å². The lowest BCUT2D eigenvalue weighted by Crippen LogP contribution is -2.29. The van der Waals surface area contributed by atoms with Crippen LogP contribution >= 0.6 is 0 Å². The van der Waals surface area contributed by atoms with Gasteiger partial charge in [-0.2, -0.15) is 5.10 Å². The number of hydrogen-bond acceptors (Lipinski definition) is 4. The minimum absolute atomic E-state index is 0.212. The van der Waals surface area contributed by atoms with Crippen molar-refractivity contribution in [2.24, 2.45) is 0 Å². The van der Waals surface area contributed by atoms with E-state index in [0.29, 0.717) is 11.3 Å². The third-order valence-electron chi connectivity index (χ3n) is 5.37. The minimum atomic E-state index is -0.320. The summed E-state index contributed by atoms with van der Waals surface area (Å²) in [6.07, 6.45) is 2.10. The van der Waals surface area contributed by atoms with Crippen LogP contribution in [0.5, 0.6) is 0 Å². The molecule has 0 aliphatic carbocycles. The molecular weight excluding hydrogens is 399 g/mol. The number of benzene rings is 2. The van der Waals surface area contributed by atoms with Gasteiger partial charge < -0.3 is 5.32 Å². The monoisotopic (exact) mass is 420 g/mol. The van der Waals surface area contributed by atoms with Crippen molar-refractivity contribution < 1.29 is 18.8 Å². The highest BCUT2D eigenvalue weighted by Crippen LogP contribution is 2.24. The number of carbonyl (C=O) groups is 3. The van der Waals surface area contributed by atoms with Crippen LogP contribution in [0.15, 0.2) is 54.7 Å². The lowest BCUT2D eigenvalue weighted by atomic mass is 10.1. The van der Waals surface area contributed by atoms with Crippen LogP contribution in [0, 0.1) is 12.7 Å². The smallest absolute Gasteiger partial charge is 0.251 e. The van der Waals surface area contributed by atoms with Gasteiger partial charge in [0.25, 0.3) is 5.91 Å². The number of aromatic nitrogens is 2. The van der Waals surface area contributed by atoms with Gasteiger partial charge in [0.05, 0.1) is 23.6 Å². The van der Waals surface area contributed by atoms with Crippen molar-refractivity contribution in [3.05, 3.63) is 77.4 Å². The second kappa shape index (κ2) is 8.14. The van der Waals surface area contributed by atoms with E-state index in [4.69, 9.17) is 0 Å². The van der Waals surface area contributed by atoms with Crippen LogP contribution in [0.4, 0.5) is 10.1 Å². The molecular formula is C23H21FN4O3. The zero-order chi connectivity index (χ0) is 22.1. The maximum atomic E-state index is 13.2. The van der Waals surface area contributed by atoms with E-state index in [1.165, 1.54) is 12.1 Å². The van der Waals surface area contributed by atoms with Crippen LogP contribution in [0.25, 0.3) is 5.69 Å². The standard InChI is InChI=1S/C23H21FN4O3/c1-14(20-13-25-28(15(20)2)19-9-5-17(24)6-10-19)26-23(31)16-3-7-18(8-4-16)27-21(29)11-12-22(27)30/h3-10,13-14H,11-12H2,1-2H3,(H,26,31)/t14-/m1/s1. The van der Waals surface area contributed by atoms with Gasteiger partial charge in [0.2, 0.25) is 11.8 Å². The van der Waals surface area contributed by atoms with Gasteiger partial charge in [-0.05, 0) is 62.4 Å². The van der Waals surface area contributed by atoms with Crippen LogP contribution in [-0.2, 0) is 9.59 Å². The van der Waals surface area contributed by atoms with Crippen molar-refractivity contribution in [2.75, 3.05) is 4.90 Å². The number of halogens is 1. The second-order valence-electron chi connectivity index (χ2n) is 7.44. The molecule has 7 nitrogen and oxygen atoms in total. The molecule has 8 heteroatoms. The van der Waals surface area contributed by atoms with Crippen molar-refractivity contribution >= 4 is 23.4 Å². The molecule has 0 saturated carbocycles. The van der Waals surface area contributed by atoms with Crippen LogP contribution < -0.4 is 10.2 Å². The number of nitrogens with zero attached hydrogens (tertiary/aromatic N) is 3. The topological polar surface area (TPSA) is 84.3 Å². The Balaban J connectivity index is 1.47. The zero-order valence-electron chi connectivity index (χ0n) is 17.1. The first-order chi connectivity index (χ1) is 14.8. The first-order valence-corrected chi connectivity index (χ1v) is 9.92. The molecule has 3 amide bonds. The van der Waals surface area contributed by atoms with Gasteiger partial charge in [0.1, 0.15) is 5.82 Å². The molecule has 1 saturated heterocycles. The molecule has 1 atom stereocenters. The summed E-state index contributed by atoms with van der Waals surface area (Å²) in [6.45, 7) is 3.74. The molecule has 0 unspecified atom stereocenters. The van der Waals surface area contributed by atoms with Crippen molar-refractivity contribution in [3.8, 4) is 5.69 Å². The maximum absolute atomic E-state index is 13.2. The van der Waals surface area contributed by atoms with Crippen molar-refractivity contribution in [2.45, 2.75) is 32.7 Å². The van der Waals surface area contributed by atoms with E-state index >= 15 is 0 Å². The highest BCUT2D eigenvalue weighted by molar-refractivity contribution is 6.19. The average Bonchev–Trinajstić information content (AvgIpc) is 3.30. The summed E-state index contributed by atoms with van der Waals surface area (Å²) in [5.74, 6) is -1.07. The molecule has 1 aliphatic rings. The Hall–Kier alpha value is -3.81. The molecule has 2 aromatic carbocycles. The third-order valence-corrected chi connectivity index (χ3v) is 5.37. The molecule has 2 heterocycles.